The van der Waals surface area contributed by atoms with E-state index in [2.05, 4.69) is 80.6 Å². The molecule has 3 rings (SSSR count). The second-order valence-corrected chi connectivity index (χ2v) is 6.35. The molecular formula is C19H24N2. The number of rotatable bonds is 4. The zero-order valence-corrected chi connectivity index (χ0v) is 13.3. The van der Waals surface area contributed by atoms with Gasteiger partial charge in [-0.25, -0.2) is 0 Å². The predicted molar refractivity (Wildman–Crippen MR) is 91.6 cm³/mol. The van der Waals surface area contributed by atoms with Gasteiger partial charge in [0, 0.05) is 27.8 Å². The normalized spacial score (nSPS) is 14.9. The number of aromatic nitrogens is 1. The highest BCUT2D eigenvalue weighted by atomic mass is 14.9. The SMILES string of the molecule is CNC(c1ccc2[nH]c3ccccc3c2c1)C(C)C(C)C. The fourth-order valence-electron chi connectivity index (χ4n) is 3.18. The maximum absolute atomic E-state index is 3.49. The topological polar surface area (TPSA) is 27.8 Å². The first kappa shape index (κ1) is 14.2. The van der Waals surface area contributed by atoms with Crippen molar-refractivity contribution in [2.75, 3.05) is 7.05 Å². The molecule has 3 aromatic rings. The van der Waals surface area contributed by atoms with Gasteiger partial charge in [0.05, 0.1) is 0 Å². The van der Waals surface area contributed by atoms with E-state index in [1.54, 1.807) is 0 Å². The molecule has 2 N–H and O–H groups in total. The third-order valence-corrected chi connectivity index (χ3v) is 4.78. The molecule has 0 amide bonds. The van der Waals surface area contributed by atoms with Crippen LogP contribution in [0.5, 0.6) is 0 Å². The van der Waals surface area contributed by atoms with Crippen LogP contribution in [0.4, 0.5) is 0 Å². The maximum atomic E-state index is 3.49. The highest BCUT2D eigenvalue weighted by molar-refractivity contribution is 6.07. The zero-order chi connectivity index (χ0) is 15.0. The van der Waals surface area contributed by atoms with E-state index < -0.39 is 0 Å². The first-order chi connectivity index (χ1) is 10.1. The van der Waals surface area contributed by atoms with Crippen molar-refractivity contribution in [3.8, 4) is 0 Å². The fraction of sp³-hybridized carbons (Fsp3) is 0.368. The molecule has 0 radical (unpaired) electrons. The molecule has 0 aliphatic heterocycles. The quantitative estimate of drug-likeness (QED) is 0.701. The molecule has 2 atom stereocenters. The van der Waals surface area contributed by atoms with Gasteiger partial charge in [0.1, 0.15) is 0 Å². The molecule has 21 heavy (non-hydrogen) atoms. The van der Waals surface area contributed by atoms with Crippen LogP contribution in [0.15, 0.2) is 42.5 Å². The van der Waals surface area contributed by atoms with E-state index in [1.807, 2.05) is 0 Å². The van der Waals surface area contributed by atoms with E-state index in [0.717, 1.165) is 0 Å². The first-order valence-corrected chi connectivity index (χ1v) is 7.79. The highest BCUT2D eigenvalue weighted by Gasteiger charge is 2.21. The Morgan fingerprint density at radius 1 is 0.905 bits per heavy atom. The molecular weight excluding hydrogens is 256 g/mol. The Hall–Kier alpha value is -1.80. The first-order valence-electron chi connectivity index (χ1n) is 7.79. The van der Waals surface area contributed by atoms with Gasteiger partial charge in [-0.2, -0.15) is 0 Å². The summed E-state index contributed by atoms with van der Waals surface area (Å²) in [6.07, 6.45) is 0. The fourth-order valence-corrected chi connectivity index (χ4v) is 3.18. The van der Waals surface area contributed by atoms with Crippen molar-refractivity contribution in [3.63, 3.8) is 0 Å². The van der Waals surface area contributed by atoms with Crippen LogP contribution in [-0.2, 0) is 0 Å². The Morgan fingerprint density at radius 2 is 1.62 bits per heavy atom. The van der Waals surface area contributed by atoms with Crippen LogP contribution >= 0.6 is 0 Å². The zero-order valence-electron chi connectivity index (χ0n) is 13.3. The minimum Gasteiger partial charge on any atom is -0.355 e. The number of aromatic amines is 1. The summed E-state index contributed by atoms with van der Waals surface area (Å²) in [5.74, 6) is 1.25. The van der Waals surface area contributed by atoms with Gasteiger partial charge in [0.2, 0.25) is 0 Å². The van der Waals surface area contributed by atoms with Crippen LogP contribution in [-0.4, -0.2) is 12.0 Å². The average Bonchev–Trinajstić information content (AvgIpc) is 2.86. The van der Waals surface area contributed by atoms with Gasteiger partial charge in [0.15, 0.2) is 0 Å². The van der Waals surface area contributed by atoms with Crippen molar-refractivity contribution in [2.24, 2.45) is 11.8 Å². The van der Waals surface area contributed by atoms with Gasteiger partial charge in [-0.15, -0.1) is 0 Å². The van der Waals surface area contributed by atoms with Gasteiger partial charge in [-0.05, 0) is 42.6 Å². The number of benzene rings is 2. The Morgan fingerprint density at radius 3 is 2.33 bits per heavy atom. The monoisotopic (exact) mass is 280 g/mol. The second kappa shape index (κ2) is 5.53. The Balaban J connectivity index is 2.13. The molecule has 2 unspecified atom stereocenters. The van der Waals surface area contributed by atoms with Crippen LogP contribution in [0.25, 0.3) is 21.8 Å². The summed E-state index contributed by atoms with van der Waals surface area (Å²) in [7, 11) is 2.06. The molecule has 2 nitrogen and oxygen atoms in total. The molecule has 2 aromatic carbocycles. The molecule has 0 spiro atoms. The van der Waals surface area contributed by atoms with Crippen LogP contribution in [0, 0.1) is 11.8 Å². The lowest BCUT2D eigenvalue weighted by Gasteiger charge is -2.27. The lowest BCUT2D eigenvalue weighted by Crippen LogP contribution is -2.26. The predicted octanol–water partition coefficient (Wildman–Crippen LogP) is 4.87. The summed E-state index contributed by atoms with van der Waals surface area (Å²) in [6, 6.07) is 15.7. The standard InChI is InChI=1S/C19H24N2/c1-12(2)13(3)19(20-4)14-9-10-18-16(11-14)15-7-5-6-8-17(15)21-18/h5-13,19-21H,1-4H3. The number of para-hydroxylation sites is 1. The minimum absolute atomic E-state index is 0.392. The van der Waals surface area contributed by atoms with E-state index in [4.69, 9.17) is 0 Å². The van der Waals surface area contributed by atoms with Crippen molar-refractivity contribution < 1.29 is 0 Å². The van der Waals surface area contributed by atoms with E-state index in [-0.39, 0.29) is 0 Å². The van der Waals surface area contributed by atoms with Crippen molar-refractivity contribution in [1.29, 1.82) is 0 Å². The summed E-state index contributed by atoms with van der Waals surface area (Å²) in [4.78, 5) is 3.49. The molecule has 1 heterocycles. The number of H-pyrrole nitrogens is 1. The summed E-state index contributed by atoms with van der Waals surface area (Å²) >= 11 is 0. The van der Waals surface area contributed by atoms with Crippen molar-refractivity contribution in [3.05, 3.63) is 48.0 Å². The third kappa shape index (κ3) is 2.44. The summed E-state index contributed by atoms with van der Waals surface area (Å²) in [5, 5.41) is 6.12. The van der Waals surface area contributed by atoms with E-state index in [9.17, 15) is 0 Å². The van der Waals surface area contributed by atoms with Crippen LogP contribution in [0.1, 0.15) is 32.4 Å². The second-order valence-electron chi connectivity index (χ2n) is 6.35. The van der Waals surface area contributed by atoms with Gasteiger partial charge in [-0.1, -0.05) is 45.0 Å². The minimum atomic E-state index is 0.392. The van der Waals surface area contributed by atoms with Crippen LogP contribution in [0.2, 0.25) is 0 Å². The van der Waals surface area contributed by atoms with Crippen molar-refractivity contribution >= 4 is 21.8 Å². The number of hydrogen-bond acceptors (Lipinski definition) is 1. The third-order valence-electron chi connectivity index (χ3n) is 4.78. The molecule has 0 aliphatic rings. The smallest absolute Gasteiger partial charge is 0.0465 e. The largest absolute Gasteiger partial charge is 0.355 e. The van der Waals surface area contributed by atoms with Gasteiger partial charge in [0.25, 0.3) is 0 Å². The van der Waals surface area contributed by atoms with Gasteiger partial charge >= 0.3 is 0 Å². The summed E-state index contributed by atoms with van der Waals surface area (Å²) in [6.45, 7) is 6.91. The highest BCUT2D eigenvalue weighted by Crippen LogP contribution is 2.32. The molecule has 0 fully saturated rings. The Kier molecular flexibility index (Phi) is 3.73. The molecule has 2 heteroatoms. The summed E-state index contributed by atoms with van der Waals surface area (Å²) in [5.41, 5.74) is 3.80. The summed E-state index contributed by atoms with van der Waals surface area (Å²) < 4.78 is 0. The molecule has 110 valence electrons. The van der Waals surface area contributed by atoms with Crippen LogP contribution in [0.3, 0.4) is 0 Å². The Labute approximate surface area is 126 Å². The number of fused-ring (bicyclic) bond motifs is 3. The Bertz CT molecular complexity index is 754. The van der Waals surface area contributed by atoms with Crippen molar-refractivity contribution in [2.45, 2.75) is 26.8 Å². The van der Waals surface area contributed by atoms with E-state index >= 15 is 0 Å². The molecule has 0 saturated carbocycles. The lowest BCUT2D eigenvalue weighted by molar-refractivity contribution is 0.317. The van der Waals surface area contributed by atoms with Crippen molar-refractivity contribution in [1.82, 2.24) is 10.3 Å². The molecule has 0 aliphatic carbocycles. The van der Waals surface area contributed by atoms with Gasteiger partial charge < -0.3 is 10.3 Å². The average molecular weight is 280 g/mol. The van der Waals surface area contributed by atoms with E-state index in [0.29, 0.717) is 17.9 Å². The molecule has 0 saturated heterocycles. The lowest BCUT2D eigenvalue weighted by atomic mass is 9.86. The molecule has 0 bridgehead atoms. The van der Waals surface area contributed by atoms with E-state index in [1.165, 1.54) is 27.4 Å². The number of hydrogen-bond donors (Lipinski definition) is 2. The van der Waals surface area contributed by atoms with Crippen LogP contribution < -0.4 is 5.32 Å². The molecule has 1 aromatic heterocycles. The number of nitrogens with one attached hydrogen (secondary N) is 2. The van der Waals surface area contributed by atoms with Gasteiger partial charge in [-0.3, -0.25) is 0 Å². The maximum Gasteiger partial charge on any atom is 0.0465 e.